The highest BCUT2D eigenvalue weighted by Crippen LogP contribution is 2.29. The lowest BCUT2D eigenvalue weighted by Crippen LogP contribution is -2.36. The van der Waals surface area contributed by atoms with Crippen LogP contribution in [-0.4, -0.2) is 19.3 Å². The zero-order valence-electron chi connectivity index (χ0n) is 11.2. The molecule has 1 aliphatic carbocycles. The minimum Gasteiger partial charge on any atom is -0.381 e. The second kappa shape index (κ2) is 7.29. The number of ether oxygens (including phenoxy) is 1. The summed E-state index contributed by atoms with van der Waals surface area (Å²) in [6.07, 6.45) is 6.15. The summed E-state index contributed by atoms with van der Waals surface area (Å²) in [6.45, 7) is 8.63. The van der Waals surface area contributed by atoms with Gasteiger partial charge < -0.3 is 10.5 Å². The molecule has 1 fully saturated rings. The number of hydrogen-bond donors (Lipinski definition) is 1. The highest BCUT2D eigenvalue weighted by molar-refractivity contribution is 4.80. The van der Waals surface area contributed by atoms with Gasteiger partial charge in [0.1, 0.15) is 0 Å². The van der Waals surface area contributed by atoms with E-state index in [9.17, 15) is 0 Å². The third kappa shape index (κ3) is 5.31. The second-order valence-electron chi connectivity index (χ2n) is 5.93. The third-order valence-corrected chi connectivity index (χ3v) is 3.78. The number of nitrogens with two attached hydrogens (primary N) is 1. The lowest BCUT2D eigenvalue weighted by molar-refractivity contribution is 0.0961. The van der Waals surface area contributed by atoms with E-state index in [1.165, 1.54) is 25.7 Å². The first kappa shape index (κ1) is 14.0. The van der Waals surface area contributed by atoms with Gasteiger partial charge in [0.25, 0.3) is 0 Å². The Morgan fingerprint density at radius 2 is 2.00 bits per heavy atom. The molecule has 3 unspecified atom stereocenters. The molecule has 0 aromatic heterocycles. The highest BCUT2D eigenvalue weighted by atomic mass is 16.5. The van der Waals surface area contributed by atoms with Gasteiger partial charge in [-0.2, -0.15) is 0 Å². The molecule has 1 saturated carbocycles. The van der Waals surface area contributed by atoms with Gasteiger partial charge in [0.15, 0.2) is 0 Å². The molecule has 0 aromatic rings. The van der Waals surface area contributed by atoms with Crippen LogP contribution in [0.2, 0.25) is 0 Å². The van der Waals surface area contributed by atoms with Gasteiger partial charge in [-0.05, 0) is 49.9 Å². The maximum absolute atomic E-state index is 6.15. The molecule has 0 aliphatic heterocycles. The van der Waals surface area contributed by atoms with Gasteiger partial charge in [0.2, 0.25) is 0 Å². The smallest absolute Gasteiger partial charge is 0.0469 e. The number of hydrogen-bond acceptors (Lipinski definition) is 2. The van der Waals surface area contributed by atoms with E-state index in [1.807, 2.05) is 0 Å². The summed E-state index contributed by atoms with van der Waals surface area (Å²) in [5.74, 6) is 2.31. The lowest BCUT2D eigenvalue weighted by Gasteiger charge is -2.32. The van der Waals surface area contributed by atoms with Gasteiger partial charge in [-0.3, -0.25) is 0 Å². The summed E-state index contributed by atoms with van der Waals surface area (Å²) < 4.78 is 5.68. The van der Waals surface area contributed by atoms with Gasteiger partial charge in [-0.1, -0.05) is 20.8 Å². The van der Waals surface area contributed by atoms with E-state index in [0.717, 1.165) is 31.5 Å². The second-order valence-corrected chi connectivity index (χ2v) is 5.93. The van der Waals surface area contributed by atoms with Crippen molar-refractivity contribution in [1.82, 2.24) is 0 Å². The molecule has 3 atom stereocenters. The molecule has 0 amide bonds. The van der Waals surface area contributed by atoms with Crippen LogP contribution in [-0.2, 0) is 4.74 Å². The quantitative estimate of drug-likeness (QED) is 0.707. The van der Waals surface area contributed by atoms with Crippen LogP contribution in [0.4, 0.5) is 0 Å². The van der Waals surface area contributed by atoms with Gasteiger partial charge in [-0.25, -0.2) is 0 Å². The summed E-state index contributed by atoms with van der Waals surface area (Å²) >= 11 is 0. The maximum Gasteiger partial charge on any atom is 0.0469 e. The van der Waals surface area contributed by atoms with Crippen LogP contribution in [0, 0.1) is 17.8 Å². The Kier molecular flexibility index (Phi) is 6.37. The van der Waals surface area contributed by atoms with Crippen molar-refractivity contribution in [3.8, 4) is 0 Å². The Bertz CT molecular complexity index is 182. The summed E-state index contributed by atoms with van der Waals surface area (Å²) in [5.41, 5.74) is 6.15. The molecule has 0 spiro atoms. The molecule has 0 saturated heterocycles. The molecule has 16 heavy (non-hydrogen) atoms. The monoisotopic (exact) mass is 227 g/mol. The summed E-state index contributed by atoms with van der Waals surface area (Å²) in [7, 11) is 0. The van der Waals surface area contributed by atoms with Crippen LogP contribution < -0.4 is 5.73 Å². The van der Waals surface area contributed by atoms with Crippen LogP contribution in [0.15, 0.2) is 0 Å². The molecule has 0 radical (unpaired) electrons. The number of rotatable bonds is 6. The third-order valence-electron chi connectivity index (χ3n) is 3.78. The Morgan fingerprint density at radius 3 is 2.69 bits per heavy atom. The summed E-state index contributed by atoms with van der Waals surface area (Å²) in [5, 5.41) is 0. The van der Waals surface area contributed by atoms with Crippen LogP contribution in [0.5, 0.6) is 0 Å². The standard InChI is InChI=1S/C14H29NO/c1-11(2)6-8-16-9-7-13-10-12(3)4-5-14(13)15/h11-14H,4-10,15H2,1-3H3. The van der Waals surface area contributed by atoms with E-state index < -0.39 is 0 Å². The van der Waals surface area contributed by atoms with Crippen molar-refractivity contribution in [2.75, 3.05) is 13.2 Å². The molecule has 0 bridgehead atoms. The molecule has 0 heterocycles. The van der Waals surface area contributed by atoms with E-state index in [2.05, 4.69) is 20.8 Å². The summed E-state index contributed by atoms with van der Waals surface area (Å²) in [6, 6.07) is 0.421. The SMILES string of the molecule is CC(C)CCOCCC1CC(C)CCC1N. The molecule has 2 heteroatoms. The van der Waals surface area contributed by atoms with E-state index >= 15 is 0 Å². The Hall–Kier alpha value is -0.0800. The lowest BCUT2D eigenvalue weighted by atomic mass is 9.78. The van der Waals surface area contributed by atoms with Crippen molar-refractivity contribution >= 4 is 0 Å². The molecule has 2 N–H and O–H groups in total. The fraction of sp³-hybridized carbons (Fsp3) is 1.00. The Balaban J connectivity index is 2.07. The minimum absolute atomic E-state index is 0.421. The largest absolute Gasteiger partial charge is 0.381 e. The molecule has 1 rings (SSSR count). The van der Waals surface area contributed by atoms with Crippen molar-refractivity contribution in [3.05, 3.63) is 0 Å². The van der Waals surface area contributed by atoms with E-state index in [-0.39, 0.29) is 0 Å². The molecule has 0 aromatic carbocycles. The van der Waals surface area contributed by atoms with Crippen LogP contribution in [0.1, 0.15) is 52.9 Å². The zero-order chi connectivity index (χ0) is 12.0. The van der Waals surface area contributed by atoms with Crippen molar-refractivity contribution in [2.24, 2.45) is 23.5 Å². The van der Waals surface area contributed by atoms with Crippen molar-refractivity contribution in [1.29, 1.82) is 0 Å². The van der Waals surface area contributed by atoms with Crippen molar-refractivity contribution in [3.63, 3.8) is 0 Å². The topological polar surface area (TPSA) is 35.2 Å². The predicted octanol–water partition coefficient (Wildman–Crippen LogP) is 3.20. The van der Waals surface area contributed by atoms with Crippen LogP contribution in [0.25, 0.3) is 0 Å². The van der Waals surface area contributed by atoms with Crippen molar-refractivity contribution in [2.45, 2.75) is 58.9 Å². The predicted molar refractivity (Wildman–Crippen MR) is 69.4 cm³/mol. The van der Waals surface area contributed by atoms with Crippen molar-refractivity contribution < 1.29 is 4.74 Å². The Labute approximate surface area is 101 Å². The normalized spacial score (nSPS) is 30.9. The van der Waals surface area contributed by atoms with E-state index in [1.54, 1.807) is 0 Å². The highest BCUT2D eigenvalue weighted by Gasteiger charge is 2.25. The molecular weight excluding hydrogens is 198 g/mol. The first-order valence-electron chi connectivity index (χ1n) is 6.93. The first-order chi connectivity index (χ1) is 7.59. The summed E-state index contributed by atoms with van der Waals surface area (Å²) in [4.78, 5) is 0. The average Bonchev–Trinajstić information content (AvgIpc) is 2.22. The van der Waals surface area contributed by atoms with Gasteiger partial charge >= 0.3 is 0 Å². The van der Waals surface area contributed by atoms with E-state index in [0.29, 0.717) is 12.0 Å². The molecule has 2 nitrogen and oxygen atoms in total. The minimum atomic E-state index is 0.421. The van der Waals surface area contributed by atoms with Crippen LogP contribution in [0.3, 0.4) is 0 Å². The molecule has 1 aliphatic rings. The maximum atomic E-state index is 6.15. The Morgan fingerprint density at radius 1 is 1.25 bits per heavy atom. The van der Waals surface area contributed by atoms with Gasteiger partial charge in [0.05, 0.1) is 0 Å². The van der Waals surface area contributed by atoms with E-state index in [4.69, 9.17) is 10.5 Å². The van der Waals surface area contributed by atoms with Gasteiger partial charge in [-0.15, -0.1) is 0 Å². The van der Waals surface area contributed by atoms with Gasteiger partial charge in [0, 0.05) is 19.3 Å². The fourth-order valence-electron chi connectivity index (χ4n) is 2.51. The molecular formula is C14H29NO. The molecule has 96 valence electrons. The first-order valence-corrected chi connectivity index (χ1v) is 6.93. The average molecular weight is 227 g/mol. The van der Waals surface area contributed by atoms with Crippen LogP contribution >= 0.6 is 0 Å². The fourth-order valence-corrected chi connectivity index (χ4v) is 2.51. The zero-order valence-corrected chi connectivity index (χ0v) is 11.2.